The predicted molar refractivity (Wildman–Crippen MR) is 104 cm³/mol. The smallest absolute Gasteiger partial charge is 0.137 e. The summed E-state index contributed by atoms with van der Waals surface area (Å²) in [5, 5.41) is 10.6. The normalized spacial score (nSPS) is 21.4. The van der Waals surface area contributed by atoms with Crippen LogP contribution in [0.2, 0.25) is 0 Å². The van der Waals surface area contributed by atoms with Gasteiger partial charge in [-0.1, -0.05) is 19.3 Å². The average molecular weight is 370 g/mol. The molecule has 4 rings (SSSR count). The molecule has 0 amide bonds. The number of piperidine rings is 1. The lowest BCUT2D eigenvalue weighted by Gasteiger charge is -2.34. The Kier molecular flexibility index (Phi) is 5.83. The van der Waals surface area contributed by atoms with Gasteiger partial charge in [-0.05, 0) is 44.7 Å². The third kappa shape index (κ3) is 4.38. The van der Waals surface area contributed by atoms with Crippen molar-refractivity contribution in [2.75, 3.05) is 13.1 Å². The van der Waals surface area contributed by atoms with Gasteiger partial charge in [-0.15, -0.1) is 0 Å². The van der Waals surface area contributed by atoms with E-state index in [9.17, 15) is 5.11 Å². The summed E-state index contributed by atoms with van der Waals surface area (Å²) in [6.07, 6.45) is 15.7. The minimum Gasteiger partial charge on any atom is -0.385 e. The van der Waals surface area contributed by atoms with Crippen molar-refractivity contribution in [1.82, 2.24) is 24.4 Å². The van der Waals surface area contributed by atoms with Gasteiger partial charge in [0.05, 0.1) is 0 Å². The second-order valence-corrected chi connectivity index (χ2v) is 8.24. The van der Waals surface area contributed by atoms with E-state index in [1.54, 1.807) is 6.20 Å². The first-order chi connectivity index (χ1) is 13.2. The fraction of sp³-hybridized carbons (Fsp3) is 0.667. The van der Waals surface area contributed by atoms with Crippen molar-refractivity contribution < 1.29 is 5.11 Å². The number of aliphatic hydroxyl groups is 1. The third-order valence-electron chi connectivity index (χ3n) is 6.30. The van der Waals surface area contributed by atoms with E-state index in [0.29, 0.717) is 5.92 Å². The Labute approximate surface area is 161 Å². The summed E-state index contributed by atoms with van der Waals surface area (Å²) in [4.78, 5) is 16.1. The van der Waals surface area contributed by atoms with Crippen LogP contribution in [0.5, 0.6) is 0 Å². The fourth-order valence-electron chi connectivity index (χ4n) is 4.58. The maximum atomic E-state index is 10.6. The molecular formula is C21H31N5O. The molecular weight excluding hydrogens is 338 g/mol. The van der Waals surface area contributed by atoms with Crippen LogP contribution in [0, 0.1) is 5.92 Å². The number of likely N-dealkylation sites (tertiary alicyclic amines) is 1. The molecule has 1 saturated heterocycles. The summed E-state index contributed by atoms with van der Waals surface area (Å²) in [5.41, 5.74) is 1.19. The number of aromatic nitrogens is 4. The topological polar surface area (TPSA) is 67.1 Å². The largest absolute Gasteiger partial charge is 0.385 e. The summed E-state index contributed by atoms with van der Waals surface area (Å²) in [6.45, 7) is 2.89. The van der Waals surface area contributed by atoms with Crippen LogP contribution in [0.25, 0.3) is 0 Å². The summed E-state index contributed by atoms with van der Waals surface area (Å²) >= 11 is 0. The molecule has 146 valence electrons. The molecule has 0 bridgehead atoms. The van der Waals surface area contributed by atoms with Gasteiger partial charge in [-0.25, -0.2) is 15.0 Å². The fourth-order valence-corrected chi connectivity index (χ4v) is 4.58. The number of nitrogens with zero attached hydrogens (tertiary/aromatic N) is 5. The standard InChI is InChI=1S/C21H31N5O/c1-25-12-9-22-21(25)19(27)17-7-10-26(11-8-17)15-16-13-23-20(24-14-16)18-5-3-2-4-6-18/h9,12-14,17-19,27H,2-8,10-11,15H2,1H3. The van der Waals surface area contributed by atoms with E-state index in [1.165, 1.54) is 37.7 Å². The molecule has 3 heterocycles. The van der Waals surface area contributed by atoms with Crippen LogP contribution in [0.1, 0.15) is 74.2 Å². The molecule has 1 saturated carbocycles. The first-order valence-corrected chi connectivity index (χ1v) is 10.4. The second-order valence-electron chi connectivity index (χ2n) is 8.24. The SMILES string of the molecule is Cn1ccnc1C(O)C1CCN(Cc2cnc(C3CCCCC3)nc2)CC1. The molecule has 1 atom stereocenters. The van der Waals surface area contributed by atoms with Gasteiger partial charge < -0.3 is 9.67 Å². The Morgan fingerprint density at radius 1 is 1.04 bits per heavy atom. The average Bonchev–Trinajstić information content (AvgIpc) is 3.15. The van der Waals surface area contributed by atoms with E-state index in [1.807, 2.05) is 30.2 Å². The molecule has 2 aromatic rings. The van der Waals surface area contributed by atoms with Crippen molar-refractivity contribution in [2.45, 2.75) is 63.5 Å². The quantitative estimate of drug-likeness (QED) is 0.877. The van der Waals surface area contributed by atoms with Gasteiger partial charge in [-0.2, -0.15) is 0 Å². The summed E-state index contributed by atoms with van der Waals surface area (Å²) in [6, 6.07) is 0. The van der Waals surface area contributed by atoms with Gasteiger partial charge in [0, 0.05) is 49.9 Å². The molecule has 0 spiro atoms. The Hall–Kier alpha value is -1.79. The number of hydrogen-bond donors (Lipinski definition) is 1. The van der Waals surface area contributed by atoms with E-state index >= 15 is 0 Å². The number of imidazole rings is 1. The third-order valence-corrected chi connectivity index (χ3v) is 6.30. The lowest BCUT2D eigenvalue weighted by molar-refractivity contribution is 0.0491. The number of aliphatic hydroxyl groups excluding tert-OH is 1. The van der Waals surface area contributed by atoms with Crippen LogP contribution < -0.4 is 0 Å². The second kappa shape index (κ2) is 8.48. The number of aryl methyl sites for hydroxylation is 1. The zero-order valence-electron chi connectivity index (χ0n) is 16.3. The first kappa shape index (κ1) is 18.6. The zero-order valence-corrected chi connectivity index (χ0v) is 16.3. The van der Waals surface area contributed by atoms with Gasteiger partial charge in [0.15, 0.2) is 0 Å². The summed E-state index contributed by atoms with van der Waals surface area (Å²) in [7, 11) is 1.94. The van der Waals surface area contributed by atoms with Crippen molar-refractivity contribution >= 4 is 0 Å². The molecule has 2 aromatic heterocycles. The Balaban J connectivity index is 1.28. The molecule has 1 aliphatic heterocycles. The van der Waals surface area contributed by atoms with Crippen molar-refractivity contribution in [1.29, 1.82) is 0 Å². The lowest BCUT2D eigenvalue weighted by atomic mass is 9.88. The highest BCUT2D eigenvalue weighted by Crippen LogP contribution is 2.31. The van der Waals surface area contributed by atoms with Crippen molar-refractivity contribution in [3.8, 4) is 0 Å². The van der Waals surface area contributed by atoms with Crippen LogP contribution in [0.15, 0.2) is 24.8 Å². The lowest BCUT2D eigenvalue weighted by Crippen LogP contribution is -2.35. The maximum Gasteiger partial charge on any atom is 0.137 e. The monoisotopic (exact) mass is 369 g/mol. The van der Waals surface area contributed by atoms with E-state index in [-0.39, 0.29) is 5.92 Å². The van der Waals surface area contributed by atoms with E-state index in [0.717, 1.165) is 44.1 Å². The Bertz CT molecular complexity index is 714. The van der Waals surface area contributed by atoms with Gasteiger partial charge in [0.1, 0.15) is 17.8 Å². The van der Waals surface area contributed by atoms with Crippen LogP contribution in [-0.4, -0.2) is 42.6 Å². The minimum absolute atomic E-state index is 0.285. The molecule has 1 unspecified atom stereocenters. The van der Waals surface area contributed by atoms with E-state index in [2.05, 4.69) is 19.9 Å². The van der Waals surface area contributed by atoms with Crippen molar-refractivity contribution in [3.63, 3.8) is 0 Å². The van der Waals surface area contributed by atoms with Crippen molar-refractivity contribution in [2.24, 2.45) is 13.0 Å². The van der Waals surface area contributed by atoms with Crippen molar-refractivity contribution in [3.05, 3.63) is 42.0 Å². The van der Waals surface area contributed by atoms with Crippen LogP contribution in [-0.2, 0) is 13.6 Å². The molecule has 27 heavy (non-hydrogen) atoms. The van der Waals surface area contributed by atoms with Gasteiger partial charge in [0.25, 0.3) is 0 Å². The predicted octanol–water partition coefficient (Wildman–Crippen LogP) is 3.20. The number of hydrogen-bond acceptors (Lipinski definition) is 5. The van der Waals surface area contributed by atoms with E-state index < -0.39 is 6.10 Å². The first-order valence-electron chi connectivity index (χ1n) is 10.4. The van der Waals surface area contributed by atoms with Crippen LogP contribution in [0.3, 0.4) is 0 Å². The molecule has 0 aromatic carbocycles. The summed E-state index contributed by atoms with van der Waals surface area (Å²) < 4.78 is 1.92. The van der Waals surface area contributed by atoms with Crippen LogP contribution in [0.4, 0.5) is 0 Å². The highest BCUT2D eigenvalue weighted by Gasteiger charge is 2.28. The maximum absolute atomic E-state index is 10.6. The molecule has 1 N–H and O–H groups in total. The molecule has 2 fully saturated rings. The molecule has 6 heteroatoms. The number of rotatable bonds is 5. The molecule has 1 aliphatic carbocycles. The zero-order chi connectivity index (χ0) is 18.6. The van der Waals surface area contributed by atoms with Gasteiger partial charge in [0.2, 0.25) is 0 Å². The summed E-state index contributed by atoms with van der Waals surface area (Å²) in [5.74, 6) is 2.67. The van der Waals surface area contributed by atoms with E-state index in [4.69, 9.17) is 0 Å². The molecule has 6 nitrogen and oxygen atoms in total. The Morgan fingerprint density at radius 2 is 1.74 bits per heavy atom. The minimum atomic E-state index is -0.467. The van der Waals surface area contributed by atoms with Gasteiger partial charge >= 0.3 is 0 Å². The van der Waals surface area contributed by atoms with Crippen LogP contribution >= 0.6 is 0 Å². The molecule has 2 aliphatic rings. The Morgan fingerprint density at radius 3 is 2.37 bits per heavy atom. The highest BCUT2D eigenvalue weighted by molar-refractivity contribution is 5.08. The highest BCUT2D eigenvalue weighted by atomic mass is 16.3. The van der Waals surface area contributed by atoms with Gasteiger partial charge in [-0.3, -0.25) is 4.90 Å². The molecule has 0 radical (unpaired) electrons.